The molecule has 0 bridgehead atoms. The molecule has 0 unspecified atom stereocenters. The summed E-state index contributed by atoms with van der Waals surface area (Å²) in [4.78, 5) is 13.3. The fourth-order valence-electron chi connectivity index (χ4n) is 4.22. The first-order valence-corrected chi connectivity index (χ1v) is 10.8. The quantitative estimate of drug-likeness (QED) is 0.516. The number of halogens is 4. The number of nitriles is 1. The van der Waals surface area contributed by atoms with E-state index in [1.807, 2.05) is 6.07 Å². The molecule has 4 nitrogen and oxygen atoms in total. The number of amides is 1. The number of hydrogen-bond acceptors (Lipinski definition) is 3. The first-order valence-electron chi connectivity index (χ1n) is 10.8. The van der Waals surface area contributed by atoms with Gasteiger partial charge in [0.15, 0.2) is 0 Å². The Morgan fingerprint density at radius 1 is 1.15 bits per heavy atom. The number of hydrogen-bond donors (Lipinski definition) is 1. The molecule has 0 aromatic heterocycles. The van der Waals surface area contributed by atoms with Gasteiger partial charge in [0.2, 0.25) is 5.91 Å². The second kappa shape index (κ2) is 9.14. The minimum absolute atomic E-state index is 0.102. The summed E-state index contributed by atoms with van der Waals surface area (Å²) in [5.74, 6) is -1.39. The molecule has 8 heteroatoms. The number of primary amides is 1. The van der Waals surface area contributed by atoms with Gasteiger partial charge in [-0.3, -0.25) is 9.69 Å². The predicted molar refractivity (Wildman–Crippen MR) is 117 cm³/mol. The molecule has 2 atom stereocenters. The molecular weight excluding hydrogens is 434 g/mol. The Bertz CT molecular complexity index is 1050. The summed E-state index contributed by atoms with van der Waals surface area (Å²) in [6, 6.07) is 8.83. The monoisotopic (exact) mass is 461 g/mol. The van der Waals surface area contributed by atoms with Gasteiger partial charge in [-0.05, 0) is 60.4 Å². The Kier molecular flexibility index (Phi) is 6.85. The van der Waals surface area contributed by atoms with Crippen molar-refractivity contribution in [2.75, 3.05) is 0 Å². The molecule has 1 aliphatic carbocycles. The Morgan fingerprint density at radius 2 is 1.73 bits per heavy atom. The second-order valence-corrected chi connectivity index (χ2v) is 9.13. The van der Waals surface area contributed by atoms with E-state index in [0.29, 0.717) is 16.7 Å². The Hall–Kier alpha value is -2.92. The van der Waals surface area contributed by atoms with Crippen LogP contribution < -0.4 is 5.73 Å². The molecule has 2 N–H and O–H groups in total. The lowest BCUT2D eigenvalue weighted by Crippen LogP contribution is -2.56. The van der Waals surface area contributed by atoms with Gasteiger partial charge in [-0.1, -0.05) is 50.2 Å². The van der Waals surface area contributed by atoms with Gasteiger partial charge >= 0.3 is 6.18 Å². The van der Waals surface area contributed by atoms with Crippen LogP contribution in [0.25, 0.3) is 11.1 Å². The highest BCUT2D eigenvalue weighted by Gasteiger charge is 2.60. The number of carbonyl (C=O) groups is 1. The lowest BCUT2D eigenvalue weighted by atomic mass is 9.93. The minimum Gasteiger partial charge on any atom is -0.368 e. The van der Waals surface area contributed by atoms with E-state index in [4.69, 9.17) is 5.73 Å². The molecule has 1 fully saturated rings. The average Bonchev–Trinajstić information content (AvgIpc) is 3.52. The predicted octanol–water partition coefficient (Wildman–Crippen LogP) is 5.66. The van der Waals surface area contributed by atoms with Gasteiger partial charge in [-0.15, -0.1) is 0 Å². The molecule has 0 saturated heterocycles. The van der Waals surface area contributed by atoms with E-state index in [1.54, 1.807) is 32.9 Å². The van der Waals surface area contributed by atoms with Crippen molar-refractivity contribution in [3.05, 3.63) is 59.4 Å². The Balaban J connectivity index is 2.08. The van der Waals surface area contributed by atoms with Crippen LogP contribution >= 0.6 is 0 Å². The highest BCUT2D eigenvalue weighted by atomic mass is 19.4. The number of nitrogens with zero attached hydrogens (tertiary/aromatic N) is 2. The van der Waals surface area contributed by atoms with Crippen molar-refractivity contribution in [3.63, 3.8) is 0 Å². The van der Waals surface area contributed by atoms with E-state index < -0.39 is 35.5 Å². The summed E-state index contributed by atoms with van der Waals surface area (Å²) >= 11 is 0. The summed E-state index contributed by atoms with van der Waals surface area (Å²) in [5, 5.41) is 9.75. The number of rotatable bonds is 8. The summed E-state index contributed by atoms with van der Waals surface area (Å²) in [6.07, 6.45) is -4.18. The van der Waals surface area contributed by atoms with Crippen molar-refractivity contribution in [1.29, 1.82) is 5.26 Å². The van der Waals surface area contributed by atoms with Crippen LogP contribution in [0.4, 0.5) is 17.6 Å². The van der Waals surface area contributed by atoms with Crippen LogP contribution in [0.1, 0.15) is 50.3 Å². The molecule has 0 radical (unpaired) electrons. The zero-order valence-electron chi connectivity index (χ0n) is 18.8. The van der Waals surface area contributed by atoms with Gasteiger partial charge in [0.1, 0.15) is 17.4 Å². The molecule has 0 aliphatic heterocycles. The Morgan fingerprint density at radius 3 is 2.15 bits per heavy atom. The van der Waals surface area contributed by atoms with Crippen LogP contribution in [0, 0.1) is 30.0 Å². The summed E-state index contributed by atoms with van der Waals surface area (Å²) < 4.78 is 57.4. The van der Waals surface area contributed by atoms with Gasteiger partial charge in [-0.2, -0.15) is 18.4 Å². The van der Waals surface area contributed by atoms with E-state index in [2.05, 4.69) is 0 Å². The molecule has 1 aliphatic rings. The standard InChI is InChI=1S/C25H27F4N3O/c1-15(2)12-21(23(31)33)32(24(14-30)10-11-24)22(25(27,28)29)18-8-6-17(7-9-18)19-5-4-16(3)20(26)13-19/h4-9,13,15,21-22H,10-12H2,1-3H3,(H2,31,33)/t21-,22-/m0/s1. The third-order valence-electron chi connectivity index (χ3n) is 6.10. The first kappa shape index (κ1) is 24.7. The van der Waals surface area contributed by atoms with Crippen molar-refractivity contribution in [3.8, 4) is 17.2 Å². The third kappa shape index (κ3) is 5.19. The fourth-order valence-corrected chi connectivity index (χ4v) is 4.22. The van der Waals surface area contributed by atoms with Gasteiger partial charge in [0.05, 0.1) is 12.1 Å². The molecule has 2 aromatic rings. The van der Waals surface area contributed by atoms with Crippen LogP contribution in [-0.2, 0) is 4.79 Å². The second-order valence-electron chi connectivity index (χ2n) is 9.13. The molecule has 3 rings (SSSR count). The molecule has 0 heterocycles. The van der Waals surface area contributed by atoms with Gasteiger partial charge in [0.25, 0.3) is 0 Å². The molecule has 1 saturated carbocycles. The van der Waals surface area contributed by atoms with Gasteiger partial charge < -0.3 is 5.73 Å². The smallest absolute Gasteiger partial charge is 0.368 e. The van der Waals surface area contributed by atoms with Crippen LogP contribution in [0.5, 0.6) is 0 Å². The topological polar surface area (TPSA) is 70.1 Å². The molecule has 176 valence electrons. The summed E-state index contributed by atoms with van der Waals surface area (Å²) in [5.41, 5.74) is 5.62. The molecule has 1 amide bonds. The normalized spacial score (nSPS) is 17.0. The number of alkyl halides is 3. The minimum atomic E-state index is -4.76. The largest absolute Gasteiger partial charge is 0.408 e. The van der Waals surface area contributed by atoms with E-state index in [9.17, 15) is 27.6 Å². The summed E-state index contributed by atoms with van der Waals surface area (Å²) in [6.45, 7) is 5.20. The third-order valence-corrected chi connectivity index (χ3v) is 6.10. The average molecular weight is 462 g/mol. The van der Waals surface area contributed by atoms with Gasteiger partial charge in [-0.25, -0.2) is 4.39 Å². The molecule has 2 aromatic carbocycles. The maximum Gasteiger partial charge on any atom is 0.408 e. The van der Waals surface area contributed by atoms with Crippen LogP contribution in [0.15, 0.2) is 42.5 Å². The molecule has 33 heavy (non-hydrogen) atoms. The SMILES string of the molecule is Cc1ccc(-c2ccc([C@H](N([C@@H](CC(C)C)C(N)=O)C3(C#N)CC3)C(F)(F)F)cc2)cc1F. The Labute approximate surface area is 191 Å². The molecular formula is C25H27F4N3O. The number of benzene rings is 2. The fraction of sp³-hybridized carbons (Fsp3) is 0.440. The lowest BCUT2D eigenvalue weighted by molar-refractivity contribution is -0.200. The van der Waals surface area contributed by atoms with E-state index in [-0.39, 0.29) is 30.7 Å². The highest BCUT2D eigenvalue weighted by Crippen LogP contribution is 2.52. The number of carbonyl (C=O) groups excluding carboxylic acids is 1. The van der Waals surface area contributed by atoms with Crippen molar-refractivity contribution in [2.24, 2.45) is 11.7 Å². The van der Waals surface area contributed by atoms with Crippen molar-refractivity contribution in [2.45, 2.75) is 63.8 Å². The van der Waals surface area contributed by atoms with E-state index in [0.717, 1.165) is 4.90 Å². The number of aryl methyl sites for hydroxylation is 1. The van der Waals surface area contributed by atoms with Crippen LogP contribution in [0.3, 0.4) is 0 Å². The maximum atomic E-state index is 14.5. The van der Waals surface area contributed by atoms with Crippen molar-refractivity contribution >= 4 is 5.91 Å². The van der Waals surface area contributed by atoms with Gasteiger partial charge in [0, 0.05) is 0 Å². The van der Waals surface area contributed by atoms with Crippen LogP contribution in [-0.4, -0.2) is 28.6 Å². The zero-order chi connectivity index (χ0) is 24.6. The first-order chi connectivity index (χ1) is 15.4. The van der Waals surface area contributed by atoms with Crippen molar-refractivity contribution < 1.29 is 22.4 Å². The highest BCUT2D eigenvalue weighted by molar-refractivity contribution is 5.80. The zero-order valence-corrected chi connectivity index (χ0v) is 18.8. The number of nitrogens with two attached hydrogens (primary N) is 1. The van der Waals surface area contributed by atoms with Crippen molar-refractivity contribution in [1.82, 2.24) is 4.90 Å². The van der Waals surface area contributed by atoms with Crippen LogP contribution in [0.2, 0.25) is 0 Å². The van der Waals surface area contributed by atoms with E-state index in [1.165, 1.54) is 30.3 Å². The molecule has 0 spiro atoms. The maximum absolute atomic E-state index is 14.5. The summed E-state index contributed by atoms with van der Waals surface area (Å²) in [7, 11) is 0. The van der Waals surface area contributed by atoms with E-state index >= 15 is 0 Å². The lowest BCUT2D eigenvalue weighted by Gasteiger charge is -2.41.